The van der Waals surface area contributed by atoms with Crippen LogP contribution in [0.25, 0.3) is 10.9 Å². The van der Waals surface area contributed by atoms with E-state index in [0.717, 1.165) is 42.8 Å². The topological polar surface area (TPSA) is 50.2 Å². The van der Waals surface area contributed by atoms with Gasteiger partial charge in [0, 0.05) is 43.3 Å². The van der Waals surface area contributed by atoms with Gasteiger partial charge in [-0.15, -0.1) is 0 Å². The molecule has 5 nitrogen and oxygen atoms in total. The quantitative estimate of drug-likeness (QED) is 0.909. The molecule has 1 N–H and O–H groups in total. The number of fused-ring (bicyclic) bond motifs is 1. The fourth-order valence-electron chi connectivity index (χ4n) is 3.70. The van der Waals surface area contributed by atoms with Crippen LogP contribution in [0.3, 0.4) is 0 Å². The summed E-state index contributed by atoms with van der Waals surface area (Å²) in [5, 5.41) is 8.89. The summed E-state index contributed by atoms with van der Waals surface area (Å²) in [7, 11) is 0. The summed E-state index contributed by atoms with van der Waals surface area (Å²) in [6.07, 6.45) is 6.93. The lowest BCUT2D eigenvalue weighted by molar-refractivity contribution is 0.0911. The van der Waals surface area contributed by atoms with Crippen molar-refractivity contribution in [2.24, 2.45) is 5.92 Å². The zero-order valence-corrected chi connectivity index (χ0v) is 15.2. The van der Waals surface area contributed by atoms with Crippen LogP contribution < -0.4 is 5.32 Å². The highest BCUT2D eigenvalue weighted by Gasteiger charge is 2.27. The molecule has 2 aliphatic rings. The number of likely N-dealkylation sites (tertiary alicyclic amines) is 1. The Morgan fingerprint density at radius 2 is 2.00 bits per heavy atom. The Hall–Kier alpha value is -1.88. The summed E-state index contributed by atoms with van der Waals surface area (Å²) in [6.45, 7) is 7.66. The van der Waals surface area contributed by atoms with Gasteiger partial charge in [-0.1, -0.05) is 12.1 Å². The van der Waals surface area contributed by atoms with E-state index in [4.69, 9.17) is 0 Å². The fraction of sp³-hybridized carbons (Fsp3) is 0.600. The zero-order valence-electron chi connectivity index (χ0n) is 15.2. The lowest BCUT2D eigenvalue weighted by Gasteiger charge is -2.32. The van der Waals surface area contributed by atoms with Crippen molar-refractivity contribution in [2.75, 3.05) is 19.6 Å². The summed E-state index contributed by atoms with van der Waals surface area (Å²) < 4.78 is 1.93. The first-order valence-electron chi connectivity index (χ1n) is 9.61. The molecule has 2 fully saturated rings. The molecule has 1 amide bonds. The van der Waals surface area contributed by atoms with Crippen LogP contribution in [-0.4, -0.2) is 46.3 Å². The van der Waals surface area contributed by atoms with Crippen LogP contribution in [0.5, 0.6) is 0 Å². The number of carbonyl (C=O) groups is 1. The van der Waals surface area contributed by atoms with Crippen molar-refractivity contribution in [1.82, 2.24) is 20.0 Å². The average molecular weight is 340 g/mol. The highest BCUT2D eigenvalue weighted by Crippen LogP contribution is 2.30. The first-order valence-corrected chi connectivity index (χ1v) is 9.61. The van der Waals surface area contributed by atoms with Gasteiger partial charge in [-0.05, 0) is 51.5 Å². The number of hydrogen-bond donors (Lipinski definition) is 1. The Morgan fingerprint density at radius 3 is 2.68 bits per heavy atom. The Morgan fingerprint density at radius 1 is 1.24 bits per heavy atom. The van der Waals surface area contributed by atoms with Crippen LogP contribution in [0.2, 0.25) is 0 Å². The van der Waals surface area contributed by atoms with Crippen LogP contribution in [0, 0.1) is 5.92 Å². The zero-order chi connectivity index (χ0) is 17.4. The largest absolute Gasteiger partial charge is 0.349 e. The molecule has 2 heterocycles. The number of aromatic nitrogens is 2. The molecule has 0 atom stereocenters. The van der Waals surface area contributed by atoms with Gasteiger partial charge in [0.1, 0.15) is 5.52 Å². The number of rotatable bonds is 5. The van der Waals surface area contributed by atoms with Gasteiger partial charge >= 0.3 is 0 Å². The van der Waals surface area contributed by atoms with E-state index in [0.29, 0.717) is 11.6 Å². The number of amides is 1. The lowest BCUT2D eigenvalue weighted by atomic mass is 10.0. The van der Waals surface area contributed by atoms with Crippen molar-refractivity contribution in [2.45, 2.75) is 51.6 Å². The standard InChI is InChI=1S/C20H28N4O/c1-14(2)24-13-16-4-3-5-18(19(16)22-24)20(25)21-17-8-10-23(11-9-17)12-15-6-7-15/h3-5,13-15,17H,6-12H2,1-2H3,(H,21,25). The highest BCUT2D eigenvalue weighted by atomic mass is 16.1. The molecule has 0 radical (unpaired) electrons. The summed E-state index contributed by atoms with van der Waals surface area (Å²) in [4.78, 5) is 15.4. The lowest BCUT2D eigenvalue weighted by Crippen LogP contribution is -2.45. The predicted molar refractivity (Wildman–Crippen MR) is 99.8 cm³/mol. The summed E-state index contributed by atoms with van der Waals surface area (Å²) in [6, 6.07) is 6.43. The third kappa shape index (κ3) is 3.71. The third-order valence-corrected chi connectivity index (χ3v) is 5.46. The molecule has 25 heavy (non-hydrogen) atoms. The molecule has 1 saturated carbocycles. The van der Waals surface area contributed by atoms with Crippen molar-refractivity contribution in [3.63, 3.8) is 0 Å². The summed E-state index contributed by atoms with van der Waals surface area (Å²) >= 11 is 0. The monoisotopic (exact) mass is 340 g/mol. The van der Waals surface area contributed by atoms with Crippen molar-refractivity contribution >= 4 is 16.8 Å². The molecule has 1 aromatic heterocycles. The van der Waals surface area contributed by atoms with Gasteiger partial charge in [0.05, 0.1) is 5.56 Å². The molecular formula is C20H28N4O. The highest BCUT2D eigenvalue weighted by molar-refractivity contribution is 6.05. The average Bonchev–Trinajstić information content (AvgIpc) is 3.30. The van der Waals surface area contributed by atoms with E-state index in [9.17, 15) is 4.79 Å². The fourth-order valence-corrected chi connectivity index (χ4v) is 3.70. The number of piperidine rings is 1. The normalized spacial score (nSPS) is 19.6. The van der Waals surface area contributed by atoms with Gasteiger partial charge < -0.3 is 10.2 Å². The van der Waals surface area contributed by atoms with Gasteiger partial charge in [-0.25, -0.2) is 0 Å². The third-order valence-electron chi connectivity index (χ3n) is 5.46. The predicted octanol–water partition coefficient (Wildman–Crippen LogP) is 3.22. The van der Waals surface area contributed by atoms with E-state index in [1.54, 1.807) is 0 Å². The number of nitrogens with one attached hydrogen (secondary N) is 1. The second kappa shape index (κ2) is 6.79. The van der Waals surface area contributed by atoms with E-state index in [1.165, 1.54) is 19.4 Å². The smallest absolute Gasteiger partial charge is 0.253 e. The van der Waals surface area contributed by atoms with Crippen LogP contribution in [0.1, 0.15) is 55.9 Å². The Bertz CT molecular complexity index is 754. The van der Waals surface area contributed by atoms with Crippen LogP contribution >= 0.6 is 0 Å². The Kier molecular flexibility index (Phi) is 4.50. The molecule has 2 aromatic rings. The van der Waals surface area contributed by atoms with E-state index < -0.39 is 0 Å². The number of benzene rings is 1. The number of carbonyl (C=O) groups excluding carboxylic acids is 1. The van der Waals surface area contributed by atoms with E-state index >= 15 is 0 Å². The number of hydrogen-bond acceptors (Lipinski definition) is 3. The Balaban J connectivity index is 1.42. The van der Waals surface area contributed by atoms with E-state index in [2.05, 4.69) is 29.2 Å². The van der Waals surface area contributed by atoms with Crippen LogP contribution in [0.15, 0.2) is 24.4 Å². The van der Waals surface area contributed by atoms with Crippen LogP contribution in [-0.2, 0) is 0 Å². The molecule has 0 spiro atoms. The first-order chi connectivity index (χ1) is 12.1. The maximum Gasteiger partial charge on any atom is 0.253 e. The summed E-state index contributed by atoms with van der Waals surface area (Å²) in [5.41, 5.74) is 1.50. The molecule has 1 aliphatic carbocycles. The van der Waals surface area contributed by atoms with Gasteiger partial charge in [0.2, 0.25) is 0 Å². The van der Waals surface area contributed by atoms with Gasteiger partial charge in [-0.3, -0.25) is 9.48 Å². The van der Waals surface area contributed by atoms with Gasteiger partial charge in [0.15, 0.2) is 0 Å². The van der Waals surface area contributed by atoms with Crippen molar-refractivity contribution in [3.05, 3.63) is 30.0 Å². The molecule has 0 bridgehead atoms. The molecule has 134 valence electrons. The van der Waals surface area contributed by atoms with Gasteiger partial charge in [-0.2, -0.15) is 5.10 Å². The molecule has 1 aliphatic heterocycles. The van der Waals surface area contributed by atoms with Crippen molar-refractivity contribution in [3.8, 4) is 0 Å². The Labute approximate surface area is 149 Å². The number of nitrogens with zero attached hydrogens (tertiary/aromatic N) is 3. The molecule has 0 unspecified atom stereocenters. The van der Waals surface area contributed by atoms with E-state index in [-0.39, 0.29) is 11.9 Å². The van der Waals surface area contributed by atoms with Gasteiger partial charge in [0.25, 0.3) is 5.91 Å². The van der Waals surface area contributed by atoms with E-state index in [1.807, 2.05) is 29.1 Å². The second-order valence-corrected chi connectivity index (χ2v) is 7.94. The van der Waals surface area contributed by atoms with Crippen LogP contribution in [0.4, 0.5) is 0 Å². The minimum absolute atomic E-state index is 0.0141. The van der Waals surface area contributed by atoms with Crippen molar-refractivity contribution < 1.29 is 4.79 Å². The van der Waals surface area contributed by atoms with Crippen molar-refractivity contribution in [1.29, 1.82) is 0 Å². The summed E-state index contributed by atoms with van der Waals surface area (Å²) in [5.74, 6) is 0.958. The SMILES string of the molecule is CC(C)n1cc2cccc(C(=O)NC3CCN(CC4CC4)CC3)c2n1. The maximum atomic E-state index is 12.8. The molecular weight excluding hydrogens is 312 g/mol. The molecule has 5 heteroatoms. The minimum atomic E-state index is 0.0141. The minimum Gasteiger partial charge on any atom is -0.349 e. The first kappa shape index (κ1) is 16.6. The second-order valence-electron chi connectivity index (χ2n) is 7.94. The molecule has 1 saturated heterocycles. The molecule has 4 rings (SSSR count). The maximum absolute atomic E-state index is 12.8. The molecule has 1 aromatic carbocycles.